The summed E-state index contributed by atoms with van der Waals surface area (Å²) in [5.74, 6) is -0.928. The van der Waals surface area contributed by atoms with Crippen LogP contribution in [0.3, 0.4) is 0 Å². The highest BCUT2D eigenvalue weighted by atomic mass is 16.6. The topological polar surface area (TPSA) is 78.9 Å². The molecular formula is C73H124O6. The van der Waals surface area contributed by atoms with E-state index in [0.29, 0.717) is 19.3 Å². The number of carbonyl (C=O) groups is 3. The Hall–Kier alpha value is -3.93. The van der Waals surface area contributed by atoms with Crippen molar-refractivity contribution in [2.45, 2.75) is 322 Å². The van der Waals surface area contributed by atoms with Crippen LogP contribution in [0.25, 0.3) is 0 Å². The number of hydrogen-bond donors (Lipinski definition) is 0. The SMILES string of the molecule is CC/C=C\C/C=C\C/C=C\C/C=C\CCCCCCCCCCCCCCCCCCCCCCCCC(=O)OCC(COC(=O)CCCCCCC/C=C\C/C=C\CCC)OC(=O)CCCCC/C=C\C/C=C\C/C=C\CC. The summed E-state index contributed by atoms with van der Waals surface area (Å²) >= 11 is 0. The number of allylic oxidation sites excluding steroid dienone is 18. The van der Waals surface area contributed by atoms with E-state index in [2.05, 4.69) is 130 Å². The number of esters is 3. The van der Waals surface area contributed by atoms with Crippen LogP contribution in [0.4, 0.5) is 0 Å². The third-order valence-corrected chi connectivity index (χ3v) is 14.2. The molecule has 6 nitrogen and oxygen atoms in total. The summed E-state index contributed by atoms with van der Waals surface area (Å²) in [6, 6.07) is 0. The highest BCUT2D eigenvalue weighted by Gasteiger charge is 2.19. The van der Waals surface area contributed by atoms with E-state index >= 15 is 0 Å². The van der Waals surface area contributed by atoms with Crippen molar-refractivity contribution in [3.63, 3.8) is 0 Å². The van der Waals surface area contributed by atoms with E-state index in [1.807, 2.05) is 0 Å². The van der Waals surface area contributed by atoms with Gasteiger partial charge in [0.1, 0.15) is 13.2 Å². The van der Waals surface area contributed by atoms with Crippen LogP contribution in [0.15, 0.2) is 109 Å². The summed E-state index contributed by atoms with van der Waals surface area (Å²) in [5.41, 5.74) is 0. The van der Waals surface area contributed by atoms with Crippen molar-refractivity contribution in [3.8, 4) is 0 Å². The summed E-state index contributed by atoms with van der Waals surface area (Å²) in [7, 11) is 0. The van der Waals surface area contributed by atoms with Crippen LogP contribution in [-0.2, 0) is 28.6 Å². The molecule has 0 aromatic heterocycles. The van der Waals surface area contributed by atoms with Crippen LogP contribution in [0.2, 0.25) is 0 Å². The molecular weight excluding hydrogens is 973 g/mol. The second kappa shape index (κ2) is 66.6. The van der Waals surface area contributed by atoms with Crippen molar-refractivity contribution in [1.29, 1.82) is 0 Å². The van der Waals surface area contributed by atoms with Gasteiger partial charge in [0.05, 0.1) is 0 Å². The molecule has 0 aliphatic carbocycles. The Bertz CT molecular complexity index is 1590. The second-order valence-electron chi connectivity index (χ2n) is 22.0. The first-order chi connectivity index (χ1) is 39.0. The maximum Gasteiger partial charge on any atom is 0.306 e. The number of ether oxygens (including phenoxy) is 3. The first kappa shape index (κ1) is 75.1. The van der Waals surface area contributed by atoms with Crippen LogP contribution >= 0.6 is 0 Å². The molecule has 1 atom stereocenters. The first-order valence-corrected chi connectivity index (χ1v) is 33.4. The molecule has 0 aliphatic rings. The lowest BCUT2D eigenvalue weighted by Gasteiger charge is -2.18. The van der Waals surface area contributed by atoms with Crippen molar-refractivity contribution >= 4 is 17.9 Å². The molecule has 0 saturated carbocycles. The van der Waals surface area contributed by atoms with Crippen LogP contribution < -0.4 is 0 Å². The van der Waals surface area contributed by atoms with Gasteiger partial charge in [-0.1, -0.05) is 291 Å². The monoisotopic (exact) mass is 1100 g/mol. The predicted molar refractivity (Wildman–Crippen MR) is 343 cm³/mol. The maximum absolute atomic E-state index is 12.8. The fourth-order valence-electron chi connectivity index (χ4n) is 9.31. The fourth-order valence-corrected chi connectivity index (χ4v) is 9.31. The molecule has 0 aromatic rings. The number of rotatable bonds is 60. The lowest BCUT2D eigenvalue weighted by atomic mass is 10.0. The van der Waals surface area contributed by atoms with Gasteiger partial charge in [0.2, 0.25) is 0 Å². The van der Waals surface area contributed by atoms with Gasteiger partial charge in [-0.3, -0.25) is 14.4 Å². The molecule has 0 bridgehead atoms. The molecule has 0 N–H and O–H groups in total. The fraction of sp³-hybridized carbons (Fsp3) is 0.712. The summed E-state index contributed by atoms with van der Waals surface area (Å²) in [5, 5.41) is 0. The molecule has 0 aliphatic heterocycles. The largest absolute Gasteiger partial charge is 0.462 e. The lowest BCUT2D eigenvalue weighted by molar-refractivity contribution is -0.167. The number of carbonyl (C=O) groups excluding carboxylic acids is 3. The van der Waals surface area contributed by atoms with Crippen LogP contribution in [0.5, 0.6) is 0 Å². The summed E-state index contributed by atoms with van der Waals surface area (Å²) in [4.78, 5) is 38.2. The van der Waals surface area contributed by atoms with Crippen LogP contribution in [-0.4, -0.2) is 37.2 Å². The first-order valence-electron chi connectivity index (χ1n) is 33.4. The quantitative estimate of drug-likeness (QED) is 0.0261. The third-order valence-electron chi connectivity index (χ3n) is 14.2. The highest BCUT2D eigenvalue weighted by molar-refractivity contribution is 5.71. The summed E-state index contributed by atoms with van der Waals surface area (Å²) < 4.78 is 16.9. The third kappa shape index (κ3) is 64.8. The molecule has 0 spiro atoms. The van der Waals surface area contributed by atoms with E-state index in [4.69, 9.17) is 14.2 Å². The Kier molecular flexibility index (Phi) is 63.3. The molecule has 452 valence electrons. The van der Waals surface area contributed by atoms with E-state index < -0.39 is 6.10 Å². The van der Waals surface area contributed by atoms with E-state index in [0.717, 1.165) is 141 Å². The minimum absolute atomic E-state index is 0.0919. The Labute approximate surface area is 489 Å². The Morgan fingerprint density at radius 2 is 0.494 bits per heavy atom. The molecule has 0 saturated heterocycles. The molecule has 1 unspecified atom stereocenters. The normalized spacial score (nSPS) is 12.8. The van der Waals surface area contributed by atoms with Gasteiger partial charge in [-0.05, 0) is 116 Å². The minimum Gasteiger partial charge on any atom is -0.462 e. The van der Waals surface area contributed by atoms with Gasteiger partial charge in [0, 0.05) is 19.3 Å². The average molecular weight is 1100 g/mol. The van der Waals surface area contributed by atoms with Crippen molar-refractivity contribution in [3.05, 3.63) is 109 Å². The van der Waals surface area contributed by atoms with Gasteiger partial charge in [-0.15, -0.1) is 0 Å². The Morgan fingerprint density at radius 3 is 0.785 bits per heavy atom. The molecule has 6 heteroatoms. The van der Waals surface area contributed by atoms with Crippen molar-refractivity contribution in [2.24, 2.45) is 0 Å². The van der Waals surface area contributed by atoms with E-state index in [-0.39, 0.29) is 31.1 Å². The molecule has 0 amide bonds. The Balaban J connectivity index is 4.08. The predicted octanol–water partition coefficient (Wildman–Crippen LogP) is 23.0. The van der Waals surface area contributed by atoms with Gasteiger partial charge >= 0.3 is 17.9 Å². The maximum atomic E-state index is 12.8. The molecule has 0 heterocycles. The van der Waals surface area contributed by atoms with E-state index in [1.165, 1.54) is 135 Å². The van der Waals surface area contributed by atoms with Crippen LogP contribution in [0, 0.1) is 0 Å². The zero-order chi connectivity index (χ0) is 57.1. The van der Waals surface area contributed by atoms with E-state index in [1.54, 1.807) is 0 Å². The number of unbranched alkanes of at least 4 members (excludes halogenated alkanes) is 31. The number of hydrogen-bond acceptors (Lipinski definition) is 6. The van der Waals surface area contributed by atoms with Gasteiger partial charge in [-0.25, -0.2) is 0 Å². The van der Waals surface area contributed by atoms with Crippen molar-refractivity contribution in [1.82, 2.24) is 0 Å². The van der Waals surface area contributed by atoms with Crippen molar-refractivity contribution < 1.29 is 28.6 Å². The highest BCUT2D eigenvalue weighted by Crippen LogP contribution is 2.17. The second-order valence-corrected chi connectivity index (χ2v) is 22.0. The van der Waals surface area contributed by atoms with Gasteiger partial charge in [-0.2, -0.15) is 0 Å². The Morgan fingerprint density at radius 1 is 0.266 bits per heavy atom. The van der Waals surface area contributed by atoms with Gasteiger partial charge < -0.3 is 14.2 Å². The zero-order valence-electron chi connectivity index (χ0n) is 51.9. The smallest absolute Gasteiger partial charge is 0.306 e. The molecule has 0 fully saturated rings. The standard InChI is InChI=1S/C73H124O6/c1-4-7-10-13-16-19-22-25-26-27-28-29-30-31-32-33-34-35-36-37-38-39-40-41-42-43-44-45-46-49-51-54-57-60-63-66-72(75)78-69-70(79-73(76)67-64-61-58-55-52-48-24-21-18-15-12-9-6-3)68-77-71(74)65-62-59-56-53-50-47-23-20-17-14-11-8-5-2/h7,9-12,14,16,18-21,23,25-26,28-29,48,52,70H,4-6,8,13,15,17,22,24,27,30-47,49-51,53-69H2,1-3H3/b10-7-,12-9-,14-11-,19-16-,21-18-,23-20-,26-25-,29-28-,52-48-. The molecule has 0 radical (unpaired) electrons. The average Bonchev–Trinajstić information content (AvgIpc) is 3.45. The molecule has 0 aromatic carbocycles. The van der Waals surface area contributed by atoms with Crippen molar-refractivity contribution in [2.75, 3.05) is 13.2 Å². The molecule has 0 rings (SSSR count). The van der Waals surface area contributed by atoms with E-state index in [9.17, 15) is 14.4 Å². The summed E-state index contributed by atoms with van der Waals surface area (Å²) in [6.07, 6.45) is 91.4. The summed E-state index contributed by atoms with van der Waals surface area (Å²) in [6.45, 7) is 6.33. The zero-order valence-corrected chi connectivity index (χ0v) is 51.9. The lowest BCUT2D eigenvalue weighted by Crippen LogP contribution is -2.30. The van der Waals surface area contributed by atoms with Gasteiger partial charge in [0.15, 0.2) is 6.10 Å². The van der Waals surface area contributed by atoms with Crippen LogP contribution in [0.1, 0.15) is 316 Å². The molecule has 79 heavy (non-hydrogen) atoms. The van der Waals surface area contributed by atoms with Gasteiger partial charge in [0.25, 0.3) is 0 Å². The minimum atomic E-state index is -0.798.